The SMILES string of the molecule is CC12C=CC=C(O)C1=C(CCN)C=N2. The summed E-state index contributed by atoms with van der Waals surface area (Å²) in [5.41, 5.74) is 7.09. The number of allylic oxidation sites excluding steroid dienone is 2. The summed E-state index contributed by atoms with van der Waals surface area (Å²) in [6.45, 7) is 2.57. The monoisotopic (exact) mass is 190 g/mol. The average molecular weight is 190 g/mol. The van der Waals surface area contributed by atoms with Gasteiger partial charge in [0.15, 0.2) is 0 Å². The van der Waals surface area contributed by atoms with Crippen LogP contribution in [0.1, 0.15) is 13.3 Å². The van der Waals surface area contributed by atoms with Crippen LogP contribution in [0.4, 0.5) is 0 Å². The zero-order chi connectivity index (χ0) is 10.2. The maximum absolute atomic E-state index is 9.77. The summed E-state index contributed by atoms with van der Waals surface area (Å²) in [5, 5.41) is 9.77. The van der Waals surface area contributed by atoms with Gasteiger partial charge >= 0.3 is 0 Å². The molecule has 0 radical (unpaired) electrons. The topological polar surface area (TPSA) is 58.6 Å². The van der Waals surface area contributed by atoms with Crippen molar-refractivity contribution in [1.82, 2.24) is 0 Å². The molecule has 1 unspecified atom stereocenters. The number of aliphatic hydroxyl groups excluding tert-OH is 1. The predicted molar refractivity (Wildman–Crippen MR) is 57.4 cm³/mol. The van der Waals surface area contributed by atoms with Crippen molar-refractivity contribution in [3.63, 3.8) is 0 Å². The highest BCUT2D eigenvalue weighted by Gasteiger charge is 2.35. The van der Waals surface area contributed by atoms with Crippen LogP contribution >= 0.6 is 0 Å². The van der Waals surface area contributed by atoms with Crippen molar-refractivity contribution < 1.29 is 5.11 Å². The lowest BCUT2D eigenvalue weighted by molar-refractivity contribution is 0.405. The van der Waals surface area contributed by atoms with Crippen LogP contribution in [-0.4, -0.2) is 23.4 Å². The van der Waals surface area contributed by atoms with E-state index >= 15 is 0 Å². The zero-order valence-electron chi connectivity index (χ0n) is 8.20. The van der Waals surface area contributed by atoms with Gasteiger partial charge in [0.05, 0.1) is 0 Å². The van der Waals surface area contributed by atoms with E-state index in [-0.39, 0.29) is 5.54 Å². The van der Waals surface area contributed by atoms with Gasteiger partial charge in [-0.3, -0.25) is 4.99 Å². The molecular weight excluding hydrogens is 176 g/mol. The van der Waals surface area contributed by atoms with Crippen LogP contribution < -0.4 is 5.73 Å². The highest BCUT2D eigenvalue weighted by atomic mass is 16.3. The van der Waals surface area contributed by atoms with Crippen molar-refractivity contribution in [2.45, 2.75) is 18.9 Å². The Hall–Kier alpha value is -1.35. The summed E-state index contributed by atoms with van der Waals surface area (Å²) in [7, 11) is 0. The fourth-order valence-electron chi connectivity index (χ4n) is 1.97. The lowest BCUT2D eigenvalue weighted by Gasteiger charge is -2.24. The van der Waals surface area contributed by atoms with Gasteiger partial charge < -0.3 is 10.8 Å². The van der Waals surface area contributed by atoms with Crippen molar-refractivity contribution in [1.29, 1.82) is 0 Å². The number of nitrogens with two attached hydrogens (primary N) is 1. The second-order valence-electron chi connectivity index (χ2n) is 3.76. The lowest BCUT2D eigenvalue weighted by Crippen LogP contribution is -2.23. The van der Waals surface area contributed by atoms with Crippen LogP contribution in [0, 0.1) is 0 Å². The minimum atomic E-state index is -0.372. The molecule has 2 aliphatic rings. The quantitative estimate of drug-likeness (QED) is 0.693. The molecule has 74 valence electrons. The van der Waals surface area contributed by atoms with E-state index in [1.165, 1.54) is 0 Å². The molecule has 1 heterocycles. The van der Waals surface area contributed by atoms with Gasteiger partial charge in [0.1, 0.15) is 11.3 Å². The van der Waals surface area contributed by atoms with E-state index in [1.54, 1.807) is 6.08 Å². The molecule has 1 aliphatic heterocycles. The van der Waals surface area contributed by atoms with Crippen LogP contribution in [0.25, 0.3) is 0 Å². The molecule has 0 amide bonds. The maximum atomic E-state index is 9.77. The van der Waals surface area contributed by atoms with Crippen LogP contribution in [0.15, 0.2) is 40.1 Å². The first-order chi connectivity index (χ1) is 6.67. The van der Waals surface area contributed by atoms with Gasteiger partial charge in [-0.25, -0.2) is 0 Å². The molecule has 0 saturated heterocycles. The van der Waals surface area contributed by atoms with Crippen LogP contribution in [0.2, 0.25) is 0 Å². The summed E-state index contributed by atoms with van der Waals surface area (Å²) in [5.74, 6) is 0.316. The fraction of sp³-hybridized carbons (Fsp3) is 0.364. The Balaban J connectivity index is 2.46. The number of rotatable bonds is 2. The Bertz CT molecular complexity index is 377. The standard InChI is InChI=1S/C11H14N2O/c1-11-5-2-3-9(14)10(11)8(4-6-12)7-13-11/h2-3,5,7,14H,4,6,12H2,1H3. The van der Waals surface area contributed by atoms with Crippen LogP contribution in [-0.2, 0) is 0 Å². The van der Waals surface area contributed by atoms with Crippen molar-refractivity contribution in [3.8, 4) is 0 Å². The molecule has 0 aromatic carbocycles. The van der Waals surface area contributed by atoms with E-state index in [9.17, 15) is 5.11 Å². The number of fused-ring (bicyclic) bond motifs is 1. The number of hydrogen-bond donors (Lipinski definition) is 2. The normalized spacial score (nSPS) is 29.4. The van der Waals surface area contributed by atoms with Crippen molar-refractivity contribution in [3.05, 3.63) is 35.1 Å². The van der Waals surface area contributed by atoms with Crippen molar-refractivity contribution in [2.75, 3.05) is 6.54 Å². The molecule has 0 aromatic heterocycles. The van der Waals surface area contributed by atoms with Crippen molar-refractivity contribution in [2.24, 2.45) is 10.7 Å². The van der Waals surface area contributed by atoms with Gasteiger partial charge in [-0.15, -0.1) is 0 Å². The Morgan fingerprint density at radius 2 is 2.36 bits per heavy atom. The first kappa shape index (κ1) is 9.21. The first-order valence-electron chi connectivity index (χ1n) is 4.75. The highest BCUT2D eigenvalue weighted by Crippen LogP contribution is 2.37. The molecule has 0 aromatic rings. The smallest absolute Gasteiger partial charge is 0.121 e. The molecule has 3 heteroatoms. The third-order valence-electron chi connectivity index (χ3n) is 2.66. The average Bonchev–Trinajstić information content (AvgIpc) is 2.45. The van der Waals surface area contributed by atoms with Gasteiger partial charge in [-0.1, -0.05) is 12.2 Å². The third kappa shape index (κ3) is 1.21. The summed E-state index contributed by atoms with van der Waals surface area (Å²) >= 11 is 0. The minimum Gasteiger partial charge on any atom is -0.508 e. The fourth-order valence-corrected chi connectivity index (χ4v) is 1.97. The summed E-state index contributed by atoms with van der Waals surface area (Å²) in [6.07, 6.45) is 8.11. The van der Waals surface area contributed by atoms with Gasteiger partial charge in [-0.2, -0.15) is 0 Å². The Kier molecular flexibility index (Phi) is 2.04. The van der Waals surface area contributed by atoms with E-state index in [4.69, 9.17) is 5.73 Å². The molecule has 0 spiro atoms. The predicted octanol–water partition coefficient (Wildman–Crippen LogP) is 1.49. The van der Waals surface area contributed by atoms with E-state index < -0.39 is 0 Å². The Morgan fingerprint density at radius 3 is 3.07 bits per heavy atom. The van der Waals surface area contributed by atoms with Gasteiger partial charge in [0, 0.05) is 11.8 Å². The second kappa shape index (κ2) is 3.10. The van der Waals surface area contributed by atoms with Crippen LogP contribution in [0.5, 0.6) is 0 Å². The third-order valence-corrected chi connectivity index (χ3v) is 2.66. The number of nitrogens with zero attached hydrogens (tertiary/aromatic N) is 1. The molecule has 1 aliphatic carbocycles. The molecule has 14 heavy (non-hydrogen) atoms. The second-order valence-corrected chi connectivity index (χ2v) is 3.76. The van der Waals surface area contributed by atoms with E-state index in [2.05, 4.69) is 4.99 Å². The molecule has 3 N–H and O–H groups in total. The summed E-state index contributed by atoms with van der Waals surface area (Å²) in [6, 6.07) is 0. The molecule has 2 rings (SSSR count). The van der Waals surface area contributed by atoms with Gasteiger partial charge in [0.25, 0.3) is 0 Å². The molecule has 0 fully saturated rings. The number of aliphatic imine (C=N–C) groups is 1. The molecule has 0 saturated carbocycles. The van der Waals surface area contributed by atoms with Crippen LogP contribution in [0.3, 0.4) is 0 Å². The first-order valence-corrected chi connectivity index (χ1v) is 4.75. The Labute approximate surface area is 83.3 Å². The largest absolute Gasteiger partial charge is 0.508 e. The zero-order valence-corrected chi connectivity index (χ0v) is 8.20. The molecule has 0 bridgehead atoms. The van der Waals surface area contributed by atoms with Crippen molar-refractivity contribution >= 4 is 6.21 Å². The Morgan fingerprint density at radius 1 is 1.57 bits per heavy atom. The van der Waals surface area contributed by atoms with E-state index in [0.717, 1.165) is 17.6 Å². The molecular formula is C11H14N2O. The highest BCUT2D eigenvalue weighted by molar-refractivity contribution is 5.87. The minimum absolute atomic E-state index is 0.316. The maximum Gasteiger partial charge on any atom is 0.121 e. The summed E-state index contributed by atoms with van der Waals surface area (Å²) < 4.78 is 0. The van der Waals surface area contributed by atoms with Gasteiger partial charge in [0.2, 0.25) is 0 Å². The molecule has 3 nitrogen and oxygen atoms in total. The van der Waals surface area contributed by atoms with Gasteiger partial charge in [-0.05, 0) is 31.5 Å². The van der Waals surface area contributed by atoms with E-state index in [0.29, 0.717) is 12.3 Å². The number of aliphatic hydroxyl groups is 1. The lowest BCUT2D eigenvalue weighted by atomic mass is 9.85. The number of hydrogen-bond acceptors (Lipinski definition) is 3. The van der Waals surface area contributed by atoms with E-state index in [1.807, 2.05) is 25.3 Å². The molecule has 1 atom stereocenters. The summed E-state index contributed by atoms with van der Waals surface area (Å²) in [4.78, 5) is 4.40.